The number of nitrogens with zero attached hydrogens (tertiary/aromatic N) is 3. The largest absolute Gasteiger partial charge is 0.344 e. The first-order valence-corrected chi connectivity index (χ1v) is 10.8. The van der Waals surface area contributed by atoms with Gasteiger partial charge in [0, 0.05) is 53.6 Å². The third kappa shape index (κ3) is 4.32. The van der Waals surface area contributed by atoms with Crippen LogP contribution in [0, 0.1) is 6.92 Å². The minimum atomic E-state index is -0.319. The zero-order valence-corrected chi connectivity index (χ0v) is 18.9. The van der Waals surface area contributed by atoms with Crippen molar-refractivity contribution in [2.24, 2.45) is 7.05 Å². The van der Waals surface area contributed by atoms with Gasteiger partial charge in [0.2, 0.25) is 0 Å². The summed E-state index contributed by atoms with van der Waals surface area (Å²) in [5.41, 5.74) is 4.13. The number of carbonyl (C=O) groups excluding carboxylic acids is 3. The molecule has 0 unspecified atom stereocenters. The van der Waals surface area contributed by atoms with Gasteiger partial charge in [0.25, 0.3) is 11.8 Å². The maximum atomic E-state index is 13.2. The molecule has 3 heterocycles. The fourth-order valence-electron chi connectivity index (χ4n) is 3.89. The number of aryl methyl sites for hydroxylation is 2. The van der Waals surface area contributed by atoms with Crippen LogP contribution >= 0.6 is 0 Å². The molecule has 0 saturated heterocycles. The lowest BCUT2D eigenvalue weighted by Crippen LogP contribution is -2.16. The number of nitrogens with one attached hydrogen (secondary N) is 4. The summed E-state index contributed by atoms with van der Waals surface area (Å²) in [5, 5.41) is 19.4. The van der Waals surface area contributed by atoms with Gasteiger partial charge in [-0.05, 0) is 31.2 Å². The number of aromatic nitrogens is 4. The number of amides is 2. The number of H-pyrrole nitrogens is 1. The van der Waals surface area contributed by atoms with Crippen LogP contribution in [-0.2, 0) is 11.8 Å². The smallest absolute Gasteiger partial charge is 0.273 e. The van der Waals surface area contributed by atoms with Gasteiger partial charge in [0.1, 0.15) is 5.69 Å². The molecule has 2 aromatic carbocycles. The molecule has 10 nitrogen and oxygen atoms in total. The molecule has 5 rings (SSSR count). The summed E-state index contributed by atoms with van der Waals surface area (Å²) in [5.74, 6) is -0.249. The van der Waals surface area contributed by atoms with Gasteiger partial charge >= 0.3 is 0 Å². The highest BCUT2D eigenvalue weighted by atomic mass is 16.2. The Bertz CT molecular complexity index is 1500. The summed E-state index contributed by atoms with van der Waals surface area (Å²) in [7, 11) is 1.70. The Kier molecular flexibility index (Phi) is 5.46. The number of aromatic amines is 1. The zero-order chi connectivity index (χ0) is 24.5. The van der Waals surface area contributed by atoms with Crippen molar-refractivity contribution in [3.63, 3.8) is 0 Å². The summed E-state index contributed by atoms with van der Waals surface area (Å²) in [6, 6.07) is 15.2. The average Bonchev–Trinajstić information content (AvgIpc) is 3.55. The predicted octanol–water partition coefficient (Wildman–Crippen LogP) is 3.34. The van der Waals surface area contributed by atoms with Crippen molar-refractivity contribution >= 4 is 40.4 Å². The lowest BCUT2D eigenvalue weighted by Gasteiger charge is -2.08. The van der Waals surface area contributed by atoms with Gasteiger partial charge in [-0.15, -0.1) is 0 Å². The lowest BCUT2D eigenvalue weighted by atomic mass is 9.99. The molecular formula is C25H21N7O3. The van der Waals surface area contributed by atoms with E-state index in [4.69, 9.17) is 0 Å². The highest BCUT2D eigenvalue weighted by Gasteiger charge is 2.25. The topological polar surface area (TPSA) is 134 Å². The number of rotatable bonds is 6. The van der Waals surface area contributed by atoms with E-state index in [0.29, 0.717) is 45.2 Å². The molecule has 0 atom stereocenters. The van der Waals surface area contributed by atoms with Gasteiger partial charge in [0.15, 0.2) is 11.6 Å². The predicted molar refractivity (Wildman–Crippen MR) is 131 cm³/mol. The second-order valence-electron chi connectivity index (χ2n) is 8.03. The van der Waals surface area contributed by atoms with Gasteiger partial charge in [0.05, 0.1) is 11.3 Å². The SMILES string of the molecule is Cc1cc(C(=O)Nc2cccc(C(=O)c3ccc4c(c3)NC(=O)C4=CNc3cc[nH]n3)c2)n(C)n1. The molecule has 2 aromatic heterocycles. The van der Waals surface area contributed by atoms with Gasteiger partial charge in [-0.25, -0.2) is 0 Å². The minimum absolute atomic E-state index is 0.235. The van der Waals surface area contributed by atoms with Crippen LogP contribution in [0.5, 0.6) is 0 Å². The highest BCUT2D eigenvalue weighted by Crippen LogP contribution is 2.33. The Morgan fingerprint density at radius 1 is 1.06 bits per heavy atom. The number of hydrogen-bond donors (Lipinski definition) is 4. The quantitative estimate of drug-likeness (QED) is 0.254. The molecule has 174 valence electrons. The van der Waals surface area contributed by atoms with Crippen LogP contribution in [0.15, 0.2) is 67.0 Å². The van der Waals surface area contributed by atoms with Crippen molar-refractivity contribution in [2.75, 3.05) is 16.0 Å². The van der Waals surface area contributed by atoms with E-state index in [9.17, 15) is 14.4 Å². The van der Waals surface area contributed by atoms with Crippen LogP contribution in [0.4, 0.5) is 17.2 Å². The van der Waals surface area contributed by atoms with Crippen LogP contribution in [0.25, 0.3) is 5.57 Å². The number of ketones is 1. The highest BCUT2D eigenvalue weighted by molar-refractivity contribution is 6.32. The van der Waals surface area contributed by atoms with E-state index in [1.165, 1.54) is 4.68 Å². The average molecular weight is 467 g/mol. The van der Waals surface area contributed by atoms with Crippen molar-refractivity contribution < 1.29 is 14.4 Å². The molecule has 4 aromatic rings. The summed E-state index contributed by atoms with van der Waals surface area (Å²) < 4.78 is 1.51. The third-order valence-electron chi connectivity index (χ3n) is 5.55. The Labute approximate surface area is 200 Å². The van der Waals surface area contributed by atoms with Crippen LogP contribution in [-0.4, -0.2) is 37.6 Å². The molecule has 4 N–H and O–H groups in total. The van der Waals surface area contributed by atoms with E-state index in [-0.39, 0.29) is 17.6 Å². The summed E-state index contributed by atoms with van der Waals surface area (Å²) in [6.45, 7) is 1.81. The number of fused-ring (bicyclic) bond motifs is 1. The van der Waals surface area contributed by atoms with Crippen molar-refractivity contribution in [1.29, 1.82) is 0 Å². The molecule has 10 heteroatoms. The van der Waals surface area contributed by atoms with Gasteiger partial charge in [-0.2, -0.15) is 10.2 Å². The summed E-state index contributed by atoms with van der Waals surface area (Å²) >= 11 is 0. The molecular weight excluding hydrogens is 446 g/mol. The number of hydrogen-bond acceptors (Lipinski definition) is 6. The standard InChI is InChI=1S/C25H21N7O3/c1-14-10-21(32(2)31-14)25(35)28-17-5-3-4-15(11-17)23(33)16-6-7-18-19(24(34)29-20(18)12-16)13-26-22-8-9-27-30-22/h3-13H,1-2H3,(H,28,35)(H,29,34)(H2,26,27,30). The molecule has 2 amide bonds. The maximum Gasteiger partial charge on any atom is 0.273 e. The molecule has 0 spiro atoms. The van der Waals surface area contributed by atoms with E-state index in [1.54, 1.807) is 74.0 Å². The van der Waals surface area contributed by atoms with Crippen LogP contribution < -0.4 is 16.0 Å². The summed E-state index contributed by atoms with van der Waals surface area (Å²) in [6.07, 6.45) is 3.25. The first-order chi connectivity index (χ1) is 16.9. The number of carbonyl (C=O) groups is 3. The molecule has 0 fully saturated rings. The van der Waals surface area contributed by atoms with E-state index >= 15 is 0 Å². The van der Waals surface area contributed by atoms with Crippen molar-refractivity contribution in [1.82, 2.24) is 20.0 Å². The monoisotopic (exact) mass is 467 g/mol. The first kappa shape index (κ1) is 21.8. The molecule has 35 heavy (non-hydrogen) atoms. The van der Waals surface area contributed by atoms with Gasteiger partial charge in [-0.3, -0.25) is 24.2 Å². The van der Waals surface area contributed by atoms with Crippen molar-refractivity contribution in [3.8, 4) is 0 Å². The molecule has 0 saturated carbocycles. The fourth-order valence-corrected chi connectivity index (χ4v) is 3.89. The Morgan fingerprint density at radius 2 is 1.89 bits per heavy atom. The van der Waals surface area contributed by atoms with E-state index in [2.05, 4.69) is 31.2 Å². The van der Waals surface area contributed by atoms with Crippen LogP contribution in [0.3, 0.4) is 0 Å². The molecule has 1 aliphatic heterocycles. The minimum Gasteiger partial charge on any atom is -0.344 e. The third-order valence-corrected chi connectivity index (χ3v) is 5.55. The van der Waals surface area contributed by atoms with E-state index < -0.39 is 0 Å². The summed E-state index contributed by atoms with van der Waals surface area (Å²) in [4.78, 5) is 38.2. The van der Waals surface area contributed by atoms with Crippen LogP contribution in [0.1, 0.15) is 37.7 Å². The van der Waals surface area contributed by atoms with E-state index in [0.717, 1.165) is 5.69 Å². The molecule has 1 aliphatic rings. The van der Waals surface area contributed by atoms with Gasteiger partial charge < -0.3 is 16.0 Å². The molecule has 0 aliphatic carbocycles. The van der Waals surface area contributed by atoms with Crippen LogP contribution in [0.2, 0.25) is 0 Å². The van der Waals surface area contributed by atoms with E-state index in [1.807, 2.05) is 6.92 Å². The van der Waals surface area contributed by atoms with Gasteiger partial charge in [-0.1, -0.05) is 24.3 Å². The molecule has 0 bridgehead atoms. The Balaban J connectivity index is 1.35. The Morgan fingerprint density at radius 3 is 2.63 bits per heavy atom. The molecule has 0 radical (unpaired) electrons. The maximum absolute atomic E-state index is 13.2. The zero-order valence-electron chi connectivity index (χ0n) is 18.9. The lowest BCUT2D eigenvalue weighted by molar-refractivity contribution is -0.110. The first-order valence-electron chi connectivity index (χ1n) is 10.8. The Hall–Kier alpha value is -4.99. The fraction of sp³-hybridized carbons (Fsp3) is 0.0800. The number of benzene rings is 2. The number of anilines is 3. The normalized spacial score (nSPS) is 13.4. The second-order valence-corrected chi connectivity index (χ2v) is 8.03. The van der Waals surface area contributed by atoms with Crippen molar-refractivity contribution in [2.45, 2.75) is 6.92 Å². The second kappa shape index (κ2) is 8.75. The van der Waals surface area contributed by atoms with Crippen molar-refractivity contribution in [3.05, 3.63) is 95.1 Å².